The number of aryl methyl sites for hydroxylation is 1. The van der Waals surface area contributed by atoms with Crippen molar-refractivity contribution >= 4 is 17.7 Å². The highest BCUT2D eigenvalue weighted by molar-refractivity contribution is 6.21. The van der Waals surface area contributed by atoms with Crippen molar-refractivity contribution in [1.29, 1.82) is 0 Å². The largest absolute Gasteiger partial charge is 0.370 e. The minimum Gasteiger partial charge on any atom is -0.370 e. The molecule has 4 rings (SSSR count). The van der Waals surface area contributed by atoms with Crippen LogP contribution in [0.15, 0.2) is 48.5 Å². The number of hydrogen-bond acceptors (Lipinski definition) is 4. The summed E-state index contributed by atoms with van der Waals surface area (Å²) >= 11 is 0. The van der Waals surface area contributed by atoms with Gasteiger partial charge in [0.15, 0.2) is 0 Å². The number of benzene rings is 2. The Bertz CT molecular complexity index is 925. The van der Waals surface area contributed by atoms with Crippen LogP contribution in [-0.4, -0.2) is 53.8 Å². The van der Waals surface area contributed by atoms with E-state index in [-0.39, 0.29) is 36.8 Å². The Hall–Kier alpha value is -2.99. The van der Waals surface area contributed by atoms with E-state index in [0.717, 1.165) is 11.1 Å². The molecule has 6 nitrogen and oxygen atoms in total. The van der Waals surface area contributed by atoms with Crippen LogP contribution in [0, 0.1) is 6.92 Å². The topological polar surface area (TPSA) is 66.9 Å². The van der Waals surface area contributed by atoms with Crippen molar-refractivity contribution in [3.8, 4) is 0 Å². The molecule has 6 heteroatoms. The highest BCUT2D eigenvalue weighted by Gasteiger charge is 2.36. The summed E-state index contributed by atoms with van der Waals surface area (Å²) in [6, 6.07) is 15.0. The lowest BCUT2D eigenvalue weighted by molar-refractivity contribution is -0.139. The Balaban J connectivity index is 1.38. The predicted octanol–water partition coefficient (Wildman–Crippen LogP) is 2.58. The molecule has 28 heavy (non-hydrogen) atoms. The number of fused-ring (bicyclic) bond motifs is 1. The van der Waals surface area contributed by atoms with Crippen molar-refractivity contribution in [2.75, 3.05) is 26.2 Å². The quantitative estimate of drug-likeness (QED) is 0.767. The molecule has 2 aliphatic rings. The molecule has 0 bridgehead atoms. The van der Waals surface area contributed by atoms with Gasteiger partial charge in [0.1, 0.15) is 6.10 Å². The first-order valence-electron chi connectivity index (χ1n) is 9.46. The number of morpholine rings is 1. The van der Waals surface area contributed by atoms with E-state index < -0.39 is 0 Å². The van der Waals surface area contributed by atoms with Crippen LogP contribution < -0.4 is 0 Å². The van der Waals surface area contributed by atoms with Crippen LogP contribution >= 0.6 is 0 Å². The number of rotatable bonds is 4. The number of hydrogen-bond donors (Lipinski definition) is 0. The smallest absolute Gasteiger partial charge is 0.261 e. The maximum absolute atomic E-state index is 12.7. The highest BCUT2D eigenvalue weighted by Crippen LogP contribution is 2.25. The van der Waals surface area contributed by atoms with Crippen molar-refractivity contribution in [3.05, 3.63) is 70.8 Å². The molecule has 0 N–H and O–H groups in total. The van der Waals surface area contributed by atoms with Gasteiger partial charge in [0.25, 0.3) is 11.8 Å². The molecule has 144 valence electrons. The number of carbonyl (C=O) groups is 3. The molecule has 2 heterocycles. The molecular weight excluding hydrogens is 356 g/mol. The molecule has 1 atom stereocenters. The molecule has 0 aliphatic carbocycles. The third-order valence-corrected chi connectivity index (χ3v) is 5.27. The Morgan fingerprint density at radius 1 is 1.07 bits per heavy atom. The normalized spacial score (nSPS) is 19.1. The molecule has 1 saturated heterocycles. The summed E-state index contributed by atoms with van der Waals surface area (Å²) < 4.78 is 5.80. The van der Waals surface area contributed by atoms with Gasteiger partial charge in [-0.2, -0.15) is 0 Å². The fraction of sp³-hybridized carbons (Fsp3) is 0.318. The van der Waals surface area contributed by atoms with Gasteiger partial charge in [-0.15, -0.1) is 0 Å². The molecule has 0 saturated carbocycles. The van der Waals surface area contributed by atoms with E-state index in [2.05, 4.69) is 0 Å². The maximum atomic E-state index is 12.7. The van der Waals surface area contributed by atoms with Gasteiger partial charge in [0.2, 0.25) is 5.91 Å². The number of carbonyl (C=O) groups excluding carboxylic acids is 3. The second-order valence-electron chi connectivity index (χ2n) is 7.17. The summed E-state index contributed by atoms with van der Waals surface area (Å²) in [6.07, 6.45) is -0.0347. The molecule has 1 unspecified atom stereocenters. The fourth-order valence-corrected chi connectivity index (χ4v) is 3.72. The number of nitrogens with zero attached hydrogens (tertiary/aromatic N) is 2. The minimum atomic E-state index is -0.322. The maximum Gasteiger partial charge on any atom is 0.261 e. The zero-order chi connectivity index (χ0) is 19.7. The van der Waals surface area contributed by atoms with E-state index in [9.17, 15) is 14.4 Å². The summed E-state index contributed by atoms with van der Waals surface area (Å²) in [5.41, 5.74) is 2.81. The first kappa shape index (κ1) is 18.4. The van der Waals surface area contributed by atoms with Crippen LogP contribution in [0.25, 0.3) is 0 Å². The average Bonchev–Trinajstić information content (AvgIpc) is 2.96. The second kappa shape index (κ2) is 7.56. The van der Waals surface area contributed by atoms with E-state index in [1.54, 1.807) is 17.0 Å². The fourth-order valence-electron chi connectivity index (χ4n) is 3.72. The van der Waals surface area contributed by atoms with Gasteiger partial charge in [0, 0.05) is 19.5 Å². The zero-order valence-corrected chi connectivity index (χ0v) is 15.8. The first-order chi connectivity index (χ1) is 13.5. The Kier molecular flexibility index (Phi) is 4.96. The van der Waals surface area contributed by atoms with Crippen LogP contribution in [0.1, 0.15) is 44.4 Å². The molecule has 0 aromatic heterocycles. The summed E-state index contributed by atoms with van der Waals surface area (Å²) in [4.78, 5) is 40.7. The Morgan fingerprint density at radius 2 is 1.82 bits per heavy atom. The van der Waals surface area contributed by atoms with Crippen molar-refractivity contribution in [1.82, 2.24) is 9.80 Å². The predicted molar refractivity (Wildman–Crippen MR) is 103 cm³/mol. The van der Waals surface area contributed by atoms with Gasteiger partial charge in [0.05, 0.1) is 24.3 Å². The lowest BCUT2D eigenvalue weighted by atomic mass is 10.1. The van der Waals surface area contributed by atoms with Crippen molar-refractivity contribution < 1.29 is 19.1 Å². The van der Waals surface area contributed by atoms with Gasteiger partial charge in [-0.05, 0) is 24.6 Å². The van der Waals surface area contributed by atoms with Crippen LogP contribution in [0.4, 0.5) is 0 Å². The summed E-state index contributed by atoms with van der Waals surface area (Å²) in [5.74, 6) is -0.713. The van der Waals surface area contributed by atoms with Gasteiger partial charge in [-0.3, -0.25) is 19.3 Å². The van der Waals surface area contributed by atoms with Gasteiger partial charge in [-0.1, -0.05) is 42.0 Å². The van der Waals surface area contributed by atoms with E-state index in [1.807, 2.05) is 43.3 Å². The molecule has 1 fully saturated rings. The monoisotopic (exact) mass is 378 g/mol. The molecule has 2 aliphatic heterocycles. The zero-order valence-electron chi connectivity index (χ0n) is 15.8. The van der Waals surface area contributed by atoms with E-state index in [4.69, 9.17) is 4.74 Å². The standard InChI is InChI=1S/C22H22N2O4/c1-15-7-8-17-18(13-15)22(27)24(21(17)26)10-9-20(25)23-11-12-28-19(14-23)16-5-3-2-4-6-16/h2-8,13,19H,9-12,14H2,1H3. The lowest BCUT2D eigenvalue weighted by Crippen LogP contribution is -2.43. The summed E-state index contributed by atoms with van der Waals surface area (Å²) in [7, 11) is 0. The highest BCUT2D eigenvalue weighted by atomic mass is 16.5. The number of amides is 3. The minimum absolute atomic E-state index is 0.0723. The van der Waals surface area contributed by atoms with Crippen molar-refractivity contribution in [3.63, 3.8) is 0 Å². The van der Waals surface area contributed by atoms with Gasteiger partial charge < -0.3 is 9.64 Å². The Morgan fingerprint density at radius 3 is 2.61 bits per heavy atom. The van der Waals surface area contributed by atoms with Crippen LogP contribution in [0.3, 0.4) is 0 Å². The first-order valence-corrected chi connectivity index (χ1v) is 9.46. The number of ether oxygens (including phenoxy) is 1. The van der Waals surface area contributed by atoms with Gasteiger partial charge in [-0.25, -0.2) is 0 Å². The lowest BCUT2D eigenvalue weighted by Gasteiger charge is -2.33. The van der Waals surface area contributed by atoms with Crippen LogP contribution in [0.5, 0.6) is 0 Å². The van der Waals surface area contributed by atoms with Crippen LogP contribution in [-0.2, 0) is 9.53 Å². The van der Waals surface area contributed by atoms with Crippen molar-refractivity contribution in [2.45, 2.75) is 19.4 Å². The summed E-state index contributed by atoms with van der Waals surface area (Å²) in [5, 5.41) is 0. The average molecular weight is 378 g/mol. The van der Waals surface area contributed by atoms with Crippen molar-refractivity contribution in [2.24, 2.45) is 0 Å². The van der Waals surface area contributed by atoms with E-state index in [1.165, 1.54) is 4.90 Å². The molecule has 0 spiro atoms. The molecule has 3 amide bonds. The Labute approximate surface area is 163 Å². The third kappa shape index (κ3) is 3.43. The van der Waals surface area contributed by atoms with Gasteiger partial charge >= 0.3 is 0 Å². The third-order valence-electron chi connectivity index (χ3n) is 5.27. The molecule has 2 aromatic carbocycles. The SMILES string of the molecule is Cc1ccc2c(c1)C(=O)N(CCC(=O)N1CCOC(c3ccccc3)C1)C2=O. The molecular formula is C22H22N2O4. The van der Waals surface area contributed by atoms with E-state index >= 15 is 0 Å². The molecule has 0 radical (unpaired) electrons. The summed E-state index contributed by atoms with van der Waals surface area (Å²) in [6.45, 7) is 3.44. The van der Waals surface area contributed by atoms with Crippen LogP contribution in [0.2, 0.25) is 0 Å². The second-order valence-corrected chi connectivity index (χ2v) is 7.17. The van der Waals surface area contributed by atoms with E-state index in [0.29, 0.717) is 30.8 Å². The number of imide groups is 1. The molecule has 2 aromatic rings.